The molecule has 0 fully saturated rings. The fraction of sp³-hybridized carbons (Fsp3) is 0.632. The molecule has 2 unspecified atom stereocenters. The number of carbonyl (C=O) groups excluding carboxylic acids is 1. The number of carboxylic acid groups (broad SMARTS) is 1. The van der Waals surface area contributed by atoms with E-state index in [0.29, 0.717) is 18.1 Å². The second kappa shape index (κ2) is 11.1. The molecular formula is C19H30N2O3S. The Morgan fingerprint density at radius 3 is 2.64 bits per heavy atom. The first-order chi connectivity index (χ1) is 11.9. The van der Waals surface area contributed by atoms with Crippen molar-refractivity contribution in [1.82, 2.24) is 5.32 Å². The van der Waals surface area contributed by atoms with Crippen LogP contribution in [0.5, 0.6) is 0 Å². The maximum absolute atomic E-state index is 12.2. The highest BCUT2D eigenvalue weighted by Gasteiger charge is 2.31. The van der Waals surface area contributed by atoms with E-state index in [0.717, 1.165) is 30.6 Å². The van der Waals surface area contributed by atoms with Crippen molar-refractivity contribution in [3.05, 3.63) is 23.8 Å². The zero-order valence-corrected chi connectivity index (χ0v) is 16.3. The van der Waals surface area contributed by atoms with E-state index in [1.165, 1.54) is 17.3 Å². The minimum atomic E-state index is -0.940. The van der Waals surface area contributed by atoms with E-state index in [9.17, 15) is 14.7 Å². The molecule has 1 aliphatic heterocycles. The topological polar surface area (TPSA) is 78.8 Å². The SMILES string of the molecule is C=C(CC/C=C(/C)CC)C(CC)C(CC(=O)NC1=NCCS1)C(=O)O. The molecule has 6 heteroatoms. The van der Waals surface area contributed by atoms with Crippen molar-refractivity contribution in [2.24, 2.45) is 16.8 Å². The quantitative estimate of drug-likeness (QED) is 0.573. The van der Waals surface area contributed by atoms with E-state index in [2.05, 4.69) is 36.8 Å². The number of allylic oxidation sites excluding steroid dienone is 3. The number of hydrogen-bond acceptors (Lipinski definition) is 4. The summed E-state index contributed by atoms with van der Waals surface area (Å²) in [5.74, 6) is -1.31. The number of carbonyl (C=O) groups is 2. The van der Waals surface area contributed by atoms with Gasteiger partial charge in [-0.1, -0.05) is 49.4 Å². The van der Waals surface area contributed by atoms with Crippen LogP contribution < -0.4 is 5.32 Å². The fourth-order valence-corrected chi connectivity index (χ4v) is 3.62. The molecule has 1 amide bonds. The van der Waals surface area contributed by atoms with Gasteiger partial charge in [-0.25, -0.2) is 0 Å². The van der Waals surface area contributed by atoms with Gasteiger partial charge in [0.15, 0.2) is 5.17 Å². The van der Waals surface area contributed by atoms with Crippen molar-refractivity contribution in [2.45, 2.75) is 52.9 Å². The van der Waals surface area contributed by atoms with Crippen LogP contribution in [0.25, 0.3) is 0 Å². The van der Waals surface area contributed by atoms with E-state index in [-0.39, 0.29) is 18.2 Å². The first-order valence-electron chi connectivity index (χ1n) is 8.92. The number of carboxylic acids is 1. The zero-order valence-electron chi connectivity index (χ0n) is 15.5. The van der Waals surface area contributed by atoms with Crippen LogP contribution in [0.4, 0.5) is 0 Å². The maximum atomic E-state index is 12.2. The van der Waals surface area contributed by atoms with Crippen LogP contribution in [-0.2, 0) is 9.59 Å². The smallest absolute Gasteiger partial charge is 0.307 e. The lowest BCUT2D eigenvalue weighted by molar-refractivity contribution is -0.145. The van der Waals surface area contributed by atoms with Gasteiger partial charge in [-0.2, -0.15) is 0 Å². The van der Waals surface area contributed by atoms with Crippen molar-refractivity contribution in [1.29, 1.82) is 0 Å². The average molecular weight is 367 g/mol. The Morgan fingerprint density at radius 1 is 1.40 bits per heavy atom. The second-order valence-electron chi connectivity index (χ2n) is 6.35. The largest absolute Gasteiger partial charge is 0.481 e. The standard InChI is InChI=1S/C19H30N2O3S/c1-5-13(3)8-7-9-14(4)15(6-2)16(18(23)24)12-17(22)21-19-20-10-11-25-19/h8,15-16H,4-7,9-12H2,1-3H3,(H,23,24)(H,20,21,22)/b13-8-. The summed E-state index contributed by atoms with van der Waals surface area (Å²) in [6, 6.07) is 0. The molecule has 0 radical (unpaired) electrons. The number of aliphatic imine (C=N–C) groups is 1. The number of nitrogens with one attached hydrogen (secondary N) is 1. The van der Waals surface area contributed by atoms with E-state index in [1.807, 2.05) is 6.92 Å². The monoisotopic (exact) mass is 366 g/mol. The van der Waals surface area contributed by atoms with Crippen LogP contribution in [0.3, 0.4) is 0 Å². The molecule has 1 heterocycles. The van der Waals surface area contributed by atoms with Gasteiger partial charge in [0.2, 0.25) is 5.91 Å². The maximum Gasteiger partial charge on any atom is 0.307 e. The van der Waals surface area contributed by atoms with Gasteiger partial charge in [0, 0.05) is 12.2 Å². The van der Waals surface area contributed by atoms with Crippen LogP contribution in [-0.4, -0.2) is 34.4 Å². The molecule has 0 aromatic rings. The predicted octanol–water partition coefficient (Wildman–Crippen LogP) is 4.02. The molecule has 2 atom stereocenters. The van der Waals surface area contributed by atoms with Crippen LogP contribution in [0.1, 0.15) is 52.9 Å². The van der Waals surface area contributed by atoms with Crippen molar-refractivity contribution >= 4 is 28.8 Å². The highest BCUT2D eigenvalue weighted by molar-refractivity contribution is 8.14. The first-order valence-corrected chi connectivity index (χ1v) is 9.90. The molecule has 2 N–H and O–H groups in total. The number of nitrogens with zero attached hydrogens (tertiary/aromatic N) is 1. The molecule has 0 saturated carbocycles. The van der Waals surface area contributed by atoms with Gasteiger partial charge in [-0.05, 0) is 38.5 Å². The zero-order chi connectivity index (χ0) is 18.8. The Kier molecular flexibility index (Phi) is 9.57. The van der Waals surface area contributed by atoms with E-state index in [4.69, 9.17) is 0 Å². The van der Waals surface area contributed by atoms with Gasteiger partial charge in [0.25, 0.3) is 0 Å². The van der Waals surface area contributed by atoms with Crippen molar-refractivity contribution in [3.63, 3.8) is 0 Å². The Hall–Kier alpha value is -1.56. The van der Waals surface area contributed by atoms with Crippen LogP contribution in [0.15, 0.2) is 28.8 Å². The van der Waals surface area contributed by atoms with Gasteiger partial charge in [0.1, 0.15) is 0 Å². The second-order valence-corrected chi connectivity index (χ2v) is 7.43. The van der Waals surface area contributed by atoms with E-state index >= 15 is 0 Å². The molecule has 0 aromatic carbocycles. The summed E-state index contributed by atoms with van der Waals surface area (Å²) in [5, 5.41) is 12.9. The minimum Gasteiger partial charge on any atom is -0.481 e. The summed E-state index contributed by atoms with van der Waals surface area (Å²) in [6.07, 6.45) is 5.43. The summed E-state index contributed by atoms with van der Waals surface area (Å²) in [7, 11) is 0. The van der Waals surface area contributed by atoms with Crippen molar-refractivity contribution in [2.75, 3.05) is 12.3 Å². The number of amidine groups is 1. The highest BCUT2D eigenvalue weighted by Crippen LogP contribution is 2.29. The summed E-state index contributed by atoms with van der Waals surface area (Å²) in [4.78, 5) is 28.1. The highest BCUT2D eigenvalue weighted by atomic mass is 32.2. The lowest BCUT2D eigenvalue weighted by Crippen LogP contribution is -2.34. The third-order valence-electron chi connectivity index (χ3n) is 4.52. The number of rotatable bonds is 10. The fourth-order valence-electron chi connectivity index (χ4n) is 2.87. The molecule has 1 aliphatic rings. The normalized spacial score (nSPS) is 16.9. The summed E-state index contributed by atoms with van der Waals surface area (Å²) in [6.45, 7) is 11.0. The molecule has 0 aromatic heterocycles. The summed E-state index contributed by atoms with van der Waals surface area (Å²) < 4.78 is 0. The van der Waals surface area contributed by atoms with Crippen LogP contribution >= 0.6 is 11.8 Å². The molecule has 0 bridgehead atoms. The molecule has 0 spiro atoms. The molecular weight excluding hydrogens is 336 g/mol. The van der Waals surface area contributed by atoms with Crippen LogP contribution in [0, 0.1) is 11.8 Å². The summed E-state index contributed by atoms with van der Waals surface area (Å²) >= 11 is 1.49. The first kappa shape index (κ1) is 21.5. The molecule has 140 valence electrons. The van der Waals surface area contributed by atoms with Gasteiger partial charge >= 0.3 is 5.97 Å². The Bertz CT molecular complexity index is 555. The summed E-state index contributed by atoms with van der Waals surface area (Å²) in [5.41, 5.74) is 2.24. The Labute approximate surface area is 155 Å². The minimum absolute atomic E-state index is 0.0454. The lowest BCUT2D eigenvalue weighted by Gasteiger charge is -2.24. The number of hydrogen-bond donors (Lipinski definition) is 2. The molecule has 25 heavy (non-hydrogen) atoms. The van der Waals surface area contributed by atoms with Gasteiger partial charge < -0.3 is 10.4 Å². The molecule has 1 rings (SSSR count). The number of amides is 1. The van der Waals surface area contributed by atoms with Gasteiger partial charge in [-0.15, -0.1) is 0 Å². The Balaban J connectivity index is 2.67. The Morgan fingerprint density at radius 2 is 2.12 bits per heavy atom. The van der Waals surface area contributed by atoms with Gasteiger partial charge in [0.05, 0.1) is 12.5 Å². The van der Waals surface area contributed by atoms with Crippen molar-refractivity contribution in [3.8, 4) is 0 Å². The lowest BCUT2D eigenvalue weighted by atomic mass is 9.80. The third-order valence-corrected chi connectivity index (χ3v) is 5.41. The third kappa shape index (κ3) is 7.46. The molecule has 0 saturated heterocycles. The predicted molar refractivity (Wildman–Crippen MR) is 105 cm³/mol. The molecule has 0 aliphatic carbocycles. The number of thioether (sulfide) groups is 1. The van der Waals surface area contributed by atoms with E-state index in [1.54, 1.807) is 0 Å². The van der Waals surface area contributed by atoms with Crippen molar-refractivity contribution < 1.29 is 14.7 Å². The van der Waals surface area contributed by atoms with Gasteiger partial charge in [-0.3, -0.25) is 14.6 Å². The van der Waals surface area contributed by atoms with E-state index < -0.39 is 11.9 Å². The van der Waals surface area contributed by atoms with Crippen LogP contribution in [0.2, 0.25) is 0 Å². The molecule has 5 nitrogen and oxygen atoms in total. The number of aliphatic carboxylic acids is 1. The average Bonchev–Trinajstić information content (AvgIpc) is 3.07.